The number of hydrogen-bond acceptors (Lipinski definition) is 3. The first kappa shape index (κ1) is 20.2. The lowest BCUT2D eigenvalue weighted by atomic mass is 9.78. The molecule has 1 saturated heterocycles. The quantitative estimate of drug-likeness (QED) is 0.729. The Kier molecular flexibility index (Phi) is 5.56. The average Bonchev–Trinajstić information content (AvgIpc) is 2.43. The summed E-state index contributed by atoms with van der Waals surface area (Å²) in [6, 6.07) is 4.13. The Labute approximate surface area is 158 Å². The third-order valence-corrected chi connectivity index (χ3v) is 5.17. The minimum absolute atomic E-state index is 0.151. The predicted molar refractivity (Wildman–Crippen MR) is 109 cm³/mol. The standard InChI is InChI=1S/C21H33NO2S/c1-13-11-22(12-14(2)24-13)19(25)15-9-16(20(3,4)5)18(23)17(10-15)21(6,7)8/h9-10,13-14,23H,11-12H2,1-8H3/t13-,14+. The molecule has 0 spiro atoms. The van der Waals surface area contributed by atoms with Crippen LogP contribution in [0.4, 0.5) is 0 Å². The molecular weight excluding hydrogens is 330 g/mol. The summed E-state index contributed by atoms with van der Waals surface area (Å²) in [5.74, 6) is 0.398. The van der Waals surface area contributed by atoms with Crippen molar-refractivity contribution < 1.29 is 9.84 Å². The highest BCUT2D eigenvalue weighted by Gasteiger charge is 2.29. The second-order valence-corrected chi connectivity index (χ2v) is 9.77. The maximum Gasteiger partial charge on any atom is 0.123 e. The molecule has 3 nitrogen and oxygen atoms in total. The molecule has 1 aliphatic heterocycles. The van der Waals surface area contributed by atoms with E-state index in [1.807, 2.05) is 0 Å². The van der Waals surface area contributed by atoms with Crippen LogP contribution in [0.2, 0.25) is 0 Å². The Morgan fingerprint density at radius 3 is 1.76 bits per heavy atom. The minimum Gasteiger partial charge on any atom is -0.507 e. The zero-order valence-corrected chi connectivity index (χ0v) is 17.8. The van der Waals surface area contributed by atoms with Crippen LogP contribution in [-0.2, 0) is 15.6 Å². The number of thiocarbonyl (C=S) groups is 1. The van der Waals surface area contributed by atoms with E-state index in [4.69, 9.17) is 17.0 Å². The Morgan fingerprint density at radius 2 is 1.40 bits per heavy atom. The van der Waals surface area contributed by atoms with E-state index in [1.54, 1.807) is 0 Å². The lowest BCUT2D eigenvalue weighted by molar-refractivity contribution is -0.0472. The lowest BCUT2D eigenvalue weighted by Gasteiger charge is -2.37. The molecule has 0 saturated carbocycles. The fourth-order valence-corrected chi connectivity index (χ4v) is 3.69. The molecule has 2 atom stereocenters. The van der Waals surface area contributed by atoms with Gasteiger partial charge < -0.3 is 14.7 Å². The van der Waals surface area contributed by atoms with Crippen LogP contribution in [0, 0.1) is 0 Å². The molecule has 25 heavy (non-hydrogen) atoms. The second-order valence-electron chi connectivity index (χ2n) is 9.39. The summed E-state index contributed by atoms with van der Waals surface area (Å²) in [4.78, 5) is 3.08. The fraction of sp³-hybridized carbons (Fsp3) is 0.667. The van der Waals surface area contributed by atoms with Crippen LogP contribution in [0.1, 0.15) is 72.1 Å². The molecule has 0 bridgehead atoms. The highest BCUT2D eigenvalue weighted by Crippen LogP contribution is 2.40. The van der Waals surface area contributed by atoms with Crippen molar-refractivity contribution in [2.45, 2.75) is 78.4 Å². The molecule has 0 unspecified atom stereocenters. The van der Waals surface area contributed by atoms with E-state index < -0.39 is 0 Å². The van der Waals surface area contributed by atoms with Gasteiger partial charge in [-0.15, -0.1) is 0 Å². The summed E-state index contributed by atoms with van der Waals surface area (Å²) in [6.45, 7) is 18.5. The summed E-state index contributed by atoms with van der Waals surface area (Å²) < 4.78 is 5.84. The van der Waals surface area contributed by atoms with Crippen LogP contribution in [0.25, 0.3) is 0 Å². The molecule has 0 radical (unpaired) electrons. The first-order valence-electron chi connectivity index (χ1n) is 9.13. The highest BCUT2D eigenvalue weighted by molar-refractivity contribution is 7.80. The number of rotatable bonds is 1. The SMILES string of the molecule is C[C@@H]1CN(C(=S)c2cc(C(C)(C)C)c(O)c(C(C)(C)C)c2)C[C@H](C)O1. The van der Waals surface area contributed by atoms with Crippen LogP contribution in [0.3, 0.4) is 0 Å². The minimum atomic E-state index is -0.151. The third-order valence-electron chi connectivity index (χ3n) is 4.68. The Morgan fingerprint density at radius 1 is 1.00 bits per heavy atom. The summed E-state index contributed by atoms with van der Waals surface area (Å²) in [7, 11) is 0. The topological polar surface area (TPSA) is 32.7 Å². The Hall–Kier alpha value is -1.13. The van der Waals surface area contributed by atoms with Crippen molar-refractivity contribution in [1.82, 2.24) is 4.90 Å². The largest absolute Gasteiger partial charge is 0.507 e. The van der Waals surface area contributed by atoms with Gasteiger partial charge in [0.05, 0.1) is 12.2 Å². The Balaban J connectivity index is 2.52. The van der Waals surface area contributed by atoms with Crippen molar-refractivity contribution in [2.75, 3.05) is 13.1 Å². The number of ether oxygens (including phenoxy) is 1. The first-order chi connectivity index (χ1) is 11.3. The lowest BCUT2D eigenvalue weighted by Crippen LogP contribution is -2.47. The van der Waals surface area contributed by atoms with Gasteiger partial charge in [-0.05, 0) is 36.8 Å². The first-order valence-corrected chi connectivity index (χ1v) is 9.54. The third kappa shape index (κ3) is 4.53. The molecule has 1 heterocycles. The number of morpholine rings is 1. The van der Waals surface area contributed by atoms with Gasteiger partial charge in [0.15, 0.2) is 0 Å². The van der Waals surface area contributed by atoms with Crippen molar-refractivity contribution in [3.8, 4) is 5.75 Å². The number of phenols is 1. The van der Waals surface area contributed by atoms with Crippen LogP contribution in [0.5, 0.6) is 5.75 Å². The second kappa shape index (κ2) is 6.88. The van der Waals surface area contributed by atoms with Crippen LogP contribution >= 0.6 is 12.2 Å². The average molecular weight is 364 g/mol. The molecule has 2 rings (SSSR count). The van der Waals surface area contributed by atoms with Gasteiger partial charge in [-0.3, -0.25) is 0 Å². The van der Waals surface area contributed by atoms with Gasteiger partial charge in [0.25, 0.3) is 0 Å². The molecule has 140 valence electrons. The predicted octanol–water partition coefficient (Wildman–Crippen LogP) is 4.77. The maximum absolute atomic E-state index is 10.9. The molecule has 1 aliphatic rings. The highest BCUT2D eigenvalue weighted by atomic mass is 32.1. The maximum atomic E-state index is 10.9. The van der Waals surface area contributed by atoms with E-state index in [0.29, 0.717) is 5.75 Å². The smallest absolute Gasteiger partial charge is 0.123 e. The van der Waals surface area contributed by atoms with Gasteiger partial charge in [-0.25, -0.2) is 0 Å². The molecular formula is C21H33NO2S. The van der Waals surface area contributed by atoms with Gasteiger partial charge in [0, 0.05) is 29.8 Å². The molecule has 1 N–H and O–H groups in total. The van der Waals surface area contributed by atoms with Crippen molar-refractivity contribution in [1.29, 1.82) is 0 Å². The van der Waals surface area contributed by atoms with Gasteiger partial charge >= 0.3 is 0 Å². The van der Waals surface area contributed by atoms with Gasteiger partial charge in [0.1, 0.15) is 10.7 Å². The van der Waals surface area contributed by atoms with E-state index in [-0.39, 0.29) is 23.0 Å². The van der Waals surface area contributed by atoms with E-state index >= 15 is 0 Å². The van der Waals surface area contributed by atoms with Gasteiger partial charge in [-0.2, -0.15) is 0 Å². The van der Waals surface area contributed by atoms with E-state index in [9.17, 15) is 5.11 Å². The molecule has 0 aromatic heterocycles. The summed E-state index contributed by atoms with van der Waals surface area (Å²) >= 11 is 5.84. The van der Waals surface area contributed by atoms with Gasteiger partial charge in [0.2, 0.25) is 0 Å². The van der Waals surface area contributed by atoms with E-state index in [2.05, 4.69) is 72.4 Å². The van der Waals surface area contributed by atoms with Crippen molar-refractivity contribution in [2.24, 2.45) is 0 Å². The summed E-state index contributed by atoms with van der Waals surface area (Å²) in [6.07, 6.45) is 0.339. The Bertz CT molecular complexity index is 610. The summed E-state index contributed by atoms with van der Waals surface area (Å²) in [5, 5.41) is 10.9. The molecule has 0 amide bonds. The number of aromatic hydroxyl groups is 1. The molecule has 4 heteroatoms. The van der Waals surface area contributed by atoms with Crippen LogP contribution in [-0.4, -0.2) is 40.3 Å². The summed E-state index contributed by atoms with van der Waals surface area (Å²) in [5.41, 5.74) is 2.62. The molecule has 0 aliphatic carbocycles. The van der Waals surface area contributed by atoms with E-state index in [0.717, 1.165) is 34.8 Å². The molecule has 1 aromatic rings. The van der Waals surface area contributed by atoms with Crippen molar-refractivity contribution in [3.63, 3.8) is 0 Å². The van der Waals surface area contributed by atoms with Crippen molar-refractivity contribution in [3.05, 3.63) is 28.8 Å². The number of benzene rings is 1. The molecule has 1 aromatic carbocycles. The van der Waals surface area contributed by atoms with E-state index in [1.165, 1.54) is 0 Å². The normalized spacial score (nSPS) is 22.2. The number of hydrogen-bond donors (Lipinski definition) is 1. The molecule has 1 fully saturated rings. The van der Waals surface area contributed by atoms with Gasteiger partial charge in [-0.1, -0.05) is 53.8 Å². The fourth-order valence-electron chi connectivity index (χ4n) is 3.43. The number of nitrogens with zero attached hydrogens (tertiary/aromatic N) is 1. The number of phenolic OH excluding ortho intramolecular Hbond substituents is 1. The van der Waals surface area contributed by atoms with Crippen LogP contribution in [0.15, 0.2) is 12.1 Å². The van der Waals surface area contributed by atoms with Crippen molar-refractivity contribution >= 4 is 17.2 Å². The zero-order valence-electron chi connectivity index (χ0n) is 16.9. The zero-order chi connectivity index (χ0) is 19.2. The monoisotopic (exact) mass is 363 g/mol. The van der Waals surface area contributed by atoms with Crippen LogP contribution < -0.4 is 0 Å².